The Morgan fingerprint density at radius 1 is 1.20 bits per heavy atom. The fourth-order valence-electron chi connectivity index (χ4n) is 3.26. The first-order chi connectivity index (χ1) is 9.66. The van der Waals surface area contributed by atoms with Crippen LogP contribution in [0.4, 0.5) is 0 Å². The summed E-state index contributed by atoms with van der Waals surface area (Å²) in [5.41, 5.74) is 0.853. The van der Waals surface area contributed by atoms with E-state index >= 15 is 0 Å². The van der Waals surface area contributed by atoms with E-state index in [1.807, 2.05) is 18.0 Å². The van der Waals surface area contributed by atoms with Gasteiger partial charge in [-0.15, -0.1) is 0 Å². The van der Waals surface area contributed by atoms with Crippen LogP contribution in [-0.4, -0.2) is 28.5 Å². The SMILES string of the molecule is CN(C(=O)c1cc(Br)cn1C1CC1)C1CCCCCC1. The molecular formula is C16H23BrN2O. The lowest BCUT2D eigenvalue weighted by Gasteiger charge is -2.27. The highest BCUT2D eigenvalue weighted by atomic mass is 79.9. The molecule has 0 unspecified atom stereocenters. The van der Waals surface area contributed by atoms with Crippen molar-refractivity contribution >= 4 is 21.8 Å². The maximum Gasteiger partial charge on any atom is 0.270 e. The van der Waals surface area contributed by atoms with Crippen LogP contribution in [0.15, 0.2) is 16.7 Å². The summed E-state index contributed by atoms with van der Waals surface area (Å²) in [6.07, 6.45) is 12.0. The Kier molecular flexibility index (Phi) is 4.20. The van der Waals surface area contributed by atoms with E-state index in [9.17, 15) is 4.79 Å². The number of halogens is 1. The van der Waals surface area contributed by atoms with Crippen LogP contribution in [0.1, 0.15) is 67.9 Å². The molecule has 2 aliphatic rings. The van der Waals surface area contributed by atoms with E-state index in [1.165, 1.54) is 38.5 Å². The van der Waals surface area contributed by atoms with Crippen LogP contribution in [0.25, 0.3) is 0 Å². The van der Waals surface area contributed by atoms with Crippen molar-refractivity contribution < 1.29 is 4.79 Å². The van der Waals surface area contributed by atoms with Gasteiger partial charge in [0.1, 0.15) is 5.69 Å². The second-order valence-corrected chi connectivity index (χ2v) is 7.16. The second kappa shape index (κ2) is 5.92. The quantitative estimate of drug-likeness (QED) is 0.750. The van der Waals surface area contributed by atoms with Crippen molar-refractivity contribution in [2.75, 3.05) is 7.05 Å². The molecule has 2 fully saturated rings. The average Bonchev–Trinajstić information content (AvgIpc) is 3.24. The highest BCUT2D eigenvalue weighted by Crippen LogP contribution is 2.38. The summed E-state index contributed by atoms with van der Waals surface area (Å²) in [5, 5.41) is 0. The molecule has 0 saturated heterocycles. The van der Waals surface area contributed by atoms with Gasteiger partial charge in [-0.3, -0.25) is 4.79 Å². The standard InChI is InChI=1S/C16H23BrN2O/c1-18(13-6-4-2-3-5-7-13)16(20)15-10-12(17)11-19(15)14-8-9-14/h10-11,13-14H,2-9H2,1H3. The summed E-state index contributed by atoms with van der Waals surface area (Å²) in [6.45, 7) is 0. The van der Waals surface area contributed by atoms with E-state index in [0.717, 1.165) is 23.0 Å². The third-order valence-corrected chi connectivity index (χ3v) is 5.10. The highest BCUT2D eigenvalue weighted by Gasteiger charge is 2.30. The van der Waals surface area contributed by atoms with E-state index in [4.69, 9.17) is 0 Å². The molecule has 0 aromatic carbocycles. The fourth-order valence-corrected chi connectivity index (χ4v) is 3.70. The molecule has 0 aliphatic heterocycles. The Morgan fingerprint density at radius 3 is 2.45 bits per heavy atom. The van der Waals surface area contributed by atoms with Gasteiger partial charge in [-0.2, -0.15) is 0 Å². The Bertz CT molecular complexity index is 485. The summed E-state index contributed by atoms with van der Waals surface area (Å²) in [5.74, 6) is 0.189. The van der Waals surface area contributed by atoms with Gasteiger partial charge >= 0.3 is 0 Å². The molecule has 0 radical (unpaired) electrons. The summed E-state index contributed by atoms with van der Waals surface area (Å²) in [6, 6.07) is 2.95. The smallest absolute Gasteiger partial charge is 0.270 e. The topological polar surface area (TPSA) is 25.2 Å². The number of aromatic nitrogens is 1. The summed E-state index contributed by atoms with van der Waals surface area (Å²) < 4.78 is 3.18. The first-order valence-electron chi connectivity index (χ1n) is 7.81. The number of hydrogen-bond donors (Lipinski definition) is 0. The van der Waals surface area contributed by atoms with Gasteiger partial charge in [0.15, 0.2) is 0 Å². The van der Waals surface area contributed by atoms with Gasteiger partial charge < -0.3 is 9.47 Å². The van der Waals surface area contributed by atoms with Gasteiger partial charge in [0.2, 0.25) is 0 Å². The van der Waals surface area contributed by atoms with Gasteiger partial charge in [0, 0.05) is 29.8 Å². The van der Waals surface area contributed by atoms with Crippen molar-refractivity contribution in [3.05, 3.63) is 22.4 Å². The third-order valence-electron chi connectivity index (χ3n) is 4.67. The molecule has 0 N–H and O–H groups in total. The summed E-state index contributed by atoms with van der Waals surface area (Å²) in [4.78, 5) is 14.8. The number of nitrogens with zero attached hydrogens (tertiary/aromatic N) is 2. The molecule has 2 aliphatic carbocycles. The average molecular weight is 339 g/mol. The lowest BCUT2D eigenvalue weighted by atomic mass is 10.1. The zero-order valence-corrected chi connectivity index (χ0v) is 13.7. The van der Waals surface area contributed by atoms with E-state index in [1.54, 1.807) is 0 Å². The minimum Gasteiger partial charge on any atom is -0.339 e. The molecule has 2 saturated carbocycles. The van der Waals surface area contributed by atoms with Crippen LogP contribution in [0, 0.1) is 0 Å². The van der Waals surface area contributed by atoms with Crippen molar-refractivity contribution in [3.8, 4) is 0 Å². The third kappa shape index (κ3) is 2.95. The van der Waals surface area contributed by atoms with Crippen LogP contribution < -0.4 is 0 Å². The Balaban J connectivity index is 1.77. The predicted octanol–water partition coefficient (Wildman–Crippen LogP) is 4.38. The maximum absolute atomic E-state index is 12.8. The zero-order valence-electron chi connectivity index (χ0n) is 12.1. The summed E-state index contributed by atoms with van der Waals surface area (Å²) >= 11 is 3.51. The van der Waals surface area contributed by atoms with Gasteiger partial charge in [0.05, 0.1) is 0 Å². The molecule has 0 atom stereocenters. The van der Waals surface area contributed by atoms with Crippen LogP contribution in [0.3, 0.4) is 0 Å². The molecule has 1 aromatic heterocycles. The largest absolute Gasteiger partial charge is 0.339 e. The van der Waals surface area contributed by atoms with Gasteiger partial charge in [-0.1, -0.05) is 25.7 Å². The first-order valence-corrected chi connectivity index (χ1v) is 8.60. The van der Waals surface area contributed by atoms with Crippen molar-refractivity contribution in [1.82, 2.24) is 9.47 Å². The number of carbonyl (C=O) groups is 1. The Labute approximate surface area is 129 Å². The van der Waals surface area contributed by atoms with Crippen molar-refractivity contribution in [3.63, 3.8) is 0 Å². The number of carbonyl (C=O) groups excluding carboxylic acids is 1. The first kappa shape index (κ1) is 14.2. The summed E-state index contributed by atoms with van der Waals surface area (Å²) in [7, 11) is 1.98. The fraction of sp³-hybridized carbons (Fsp3) is 0.688. The zero-order chi connectivity index (χ0) is 14.1. The van der Waals surface area contributed by atoms with Crippen LogP contribution in [0.2, 0.25) is 0 Å². The monoisotopic (exact) mass is 338 g/mol. The molecule has 3 nitrogen and oxygen atoms in total. The Morgan fingerprint density at radius 2 is 1.85 bits per heavy atom. The minimum absolute atomic E-state index is 0.189. The molecule has 0 bridgehead atoms. The van der Waals surface area contributed by atoms with Gasteiger partial charge in [0.25, 0.3) is 5.91 Å². The Hall–Kier alpha value is -0.770. The number of amides is 1. The normalized spacial score (nSPS) is 20.7. The molecule has 1 heterocycles. The molecule has 110 valence electrons. The maximum atomic E-state index is 12.8. The van der Waals surface area contributed by atoms with Crippen molar-refractivity contribution in [1.29, 1.82) is 0 Å². The number of hydrogen-bond acceptors (Lipinski definition) is 1. The molecule has 1 aromatic rings. The lowest BCUT2D eigenvalue weighted by molar-refractivity contribution is 0.0706. The van der Waals surface area contributed by atoms with Gasteiger partial charge in [-0.25, -0.2) is 0 Å². The highest BCUT2D eigenvalue weighted by molar-refractivity contribution is 9.10. The van der Waals surface area contributed by atoms with E-state index in [-0.39, 0.29) is 5.91 Å². The minimum atomic E-state index is 0.189. The molecule has 1 amide bonds. The predicted molar refractivity (Wildman–Crippen MR) is 84.0 cm³/mol. The lowest BCUT2D eigenvalue weighted by Crippen LogP contribution is -2.37. The van der Waals surface area contributed by atoms with E-state index in [2.05, 4.69) is 26.7 Å². The van der Waals surface area contributed by atoms with Crippen LogP contribution in [-0.2, 0) is 0 Å². The van der Waals surface area contributed by atoms with Crippen LogP contribution in [0.5, 0.6) is 0 Å². The number of rotatable bonds is 3. The van der Waals surface area contributed by atoms with Gasteiger partial charge in [-0.05, 0) is 47.7 Å². The molecule has 3 rings (SSSR count). The second-order valence-electron chi connectivity index (χ2n) is 6.24. The van der Waals surface area contributed by atoms with E-state index < -0.39 is 0 Å². The molecule has 20 heavy (non-hydrogen) atoms. The van der Waals surface area contributed by atoms with Crippen molar-refractivity contribution in [2.24, 2.45) is 0 Å². The molecule has 0 spiro atoms. The molecular weight excluding hydrogens is 316 g/mol. The van der Waals surface area contributed by atoms with Crippen LogP contribution >= 0.6 is 15.9 Å². The molecule has 4 heteroatoms. The van der Waals surface area contributed by atoms with Crippen molar-refractivity contribution in [2.45, 2.75) is 63.5 Å². The van der Waals surface area contributed by atoms with E-state index in [0.29, 0.717) is 12.1 Å².